The first kappa shape index (κ1) is 17.3. The second-order valence-electron chi connectivity index (χ2n) is 5.41. The van der Waals surface area contributed by atoms with Gasteiger partial charge in [0.1, 0.15) is 23.1 Å². The largest absolute Gasteiger partial charge is 0.507 e. The number of phenolic OH excluding ortho intramolecular Hbond substituents is 2. The van der Waals surface area contributed by atoms with E-state index in [1.807, 2.05) is 0 Å². The number of para-hydroxylation sites is 2. The second kappa shape index (κ2) is 7.57. The summed E-state index contributed by atoms with van der Waals surface area (Å²) in [5.74, 6) is -1.51. The summed E-state index contributed by atoms with van der Waals surface area (Å²) in [6, 6.07) is 14.3. The molecule has 0 bridgehead atoms. The average molecular weight is 352 g/mol. The third-order valence-electron chi connectivity index (χ3n) is 3.55. The summed E-state index contributed by atoms with van der Waals surface area (Å²) in [5, 5.41) is 19.4. The molecule has 0 aliphatic rings. The van der Waals surface area contributed by atoms with Gasteiger partial charge in [-0.05, 0) is 36.4 Å². The van der Waals surface area contributed by atoms with Gasteiger partial charge in [0.05, 0.1) is 11.4 Å². The molecule has 2 N–H and O–H groups in total. The number of hydrogen-bond acceptors (Lipinski definition) is 4. The fraction of sp³-hybridized carbons (Fsp3) is 0. The highest BCUT2D eigenvalue weighted by molar-refractivity contribution is 5.89. The minimum atomic E-state index is -0.538. The smallest absolute Gasteiger partial charge is 0.127 e. The standard InChI is InChI=1S/C20H14F2N2O2/c21-15-7-5-13(19(25)9-15)11-23-17-3-1-2-4-18(17)24-12-14-6-8-16(22)10-20(14)26/h1-12,25-26H. The second-order valence-corrected chi connectivity index (χ2v) is 5.41. The molecule has 4 nitrogen and oxygen atoms in total. The Morgan fingerprint density at radius 1 is 0.654 bits per heavy atom. The number of phenols is 2. The van der Waals surface area contributed by atoms with Crippen LogP contribution in [0.3, 0.4) is 0 Å². The minimum absolute atomic E-state index is 0.217. The topological polar surface area (TPSA) is 65.2 Å². The highest BCUT2D eigenvalue weighted by Gasteiger charge is 2.03. The molecule has 0 amide bonds. The number of rotatable bonds is 4. The predicted octanol–water partition coefficient (Wildman–Crippen LogP) is 4.88. The number of aromatic hydroxyl groups is 2. The molecule has 0 aliphatic carbocycles. The Morgan fingerprint density at radius 2 is 1.08 bits per heavy atom. The van der Waals surface area contributed by atoms with Gasteiger partial charge in [-0.25, -0.2) is 8.78 Å². The van der Waals surface area contributed by atoms with Gasteiger partial charge in [-0.2, -0.15) is 0 Å². The van der Waals surface area contributed by atoms with Crippen molar-refractivity contribution in [2.45, 2.75) is 0 Å². The Bertz CT molecular complexity index is 920. The maximum atomic E-state index is 13.0. The molecule has 6 heteroatoms. The van der Waals surface area contributed by atoms with Crippen molar-refractivity contribution in [3.63, 3.8) is 0 Å². The molecule has 0 saturated carbocycles. The highest BCUT2D eigenvalue weighted by Crippen LogP contribution is 2.28. The molecule has 0 unspecified atom stereocenters. The van der Waals surface area contributed by atoms with E-state index in [-0.39, 0.29) is 11.5 Å². The maximum absolute atomic E-state index is 13.0. The number of aliphatic imine (C=N–C) groups is 2. The first-order valence-corrected chi connectivity index (χ1v) is 7.67. The third-order valence-corrected chi connectivity index (χ3v) is 3.55. The van der Waals surface area contributed by atoms with Crippen molar-refractivity contribution < 1.29 is 19.0 Å². The van der Waals surface area contributed by atoms with E-state index in [9.17, 15) is 19.0 Å². The van der Waals surface area contributed by atoms with Crippen LogP contribution < -0.4 is 0 Å². The normalized spacial score (nSPS) is 11.5. The molecule has 0 aromatic heterocycles. The molecule has 3 rings (SSSR count). The molecule has 0 saturated heterocycles. The molecule has 0 spiro atoms. The lowest BCUT2D eigenvalue weighted by Crippen LogP contribution is -1.85. The fourth-order valence-corrected chi connectivity index (χ4v) is 2.21. The monoisotopic (exact) mass is 352 g/mol. The van der Waals surface area contributed by atoms with Gasteiger partial charge in [-0.15, -0.1) is 0 Å². The van der Waals surface area contributed by atoms with Crippen LogP contribution in [0.1, 0.15) is 11.1 Å². The van der Waals surface area contributed by atoms with Crippen LogP contribution in [0.5, 0.6) is 11.5 Å². The lowest BCUT2D eigenvalue weighted by Gasteiger charge is -2.02. The summed E-state index contributed by atoms with van der Waals surface area (Å²) in [6.45, 7) is 0. The Labute approximate surface area is 148 Å². The zero-order valence-corrected chi connectivity index (χ0v) is 13.5. The summed E-state index contributed by atoms with van der Waals surface area (Å²) in [7, 11) is 0. The predicted molar refractivity (Wildman–Crippen MR) is 97.1 cm³/mol. The van der Waals surface area contributed by atoms with E-state index in [4.69, 9.17) is 0 Å². The van der Waals surface area contributed by atoms with Crippen LogP contribution in [0.15, 0.2) is 70.6 Å². The SMILES string of the molecule is Oc1cc(F)ccc1C=Nc1ccccc1N=Cc1ccc(F)cc1O. The molecule has 3 aromatic carbocycles. The van der Waals surface area contributed by atoms with Crippen LogP contribution in [-0.4, -0.2) is 22.6 Å². The summed E-state index contributed by atoms with van der Waals surface area (Å²) in [6.07, 6.45) is 2.80. The van der Waals surface area contributed by atoms with Gasteiger partial charge in [-0.3, -0.25) is 9.98 Å². The summed E-state index contributed by atoms with van der Waals surface area (Å²) < 4.78 is 26.1. The van der Waals surface area contributed by atoms with Crippen LogP contribution >= 0.6 is 0 Å². The van der Waals surface area contributed by atoms with Crippen molar-refractivity contribution in [1.29, 1.82) is 0 Å². The van der Waals surface area contributed by atoms with Crippen LogP contribution in [0, 0.1) is 11.6 Å². The van der Waals surface area contributed by atoms with E-state index in [1.165, 1.54) is 36.7 Å². The van der Waals surface area contributed by atoms with Gasteiger partial charge in [0, 0.05) is 35.7 Å². The molecule has 0 fully saturated rings. The van der Waals surface area contributed by atoms with Gasteiger partial charge >= 0.3 is 0 Å². The molecule has 26 heavy (non-hydrogen) atoms. The molecule has 130 valence electrons. The summed E-state index contributed by atoms with van der Waals surface area (Å²) in [5.41, 5.74) is 1.74. The van der Waals surface area contributed by atoms with Crippen molar-refractivity contribution in [2.24, 2.45) is 9.98 Å². The Hall–Kier alpha value is -3.54. The van der Waals surface area contributed by atoms with Gasteiger partial charge in [0.15, 0.2) is 0 Å². The van der Waals surface area contributed by atoms with Crippen molar-refractivity contribution in [3.05, 3.63) is 83.4 Å². The van der Waals surface area contributed by atoms with Gasteiger partial charge in [-0.1, -0.05) is 12.1 Å². The average Bonchev–Trinajstić information content (AvgIpc) is 2.61. The van der Waals surface area contributed by atoms with Crippen molar-refractivity contribution >= 4 is 23.8 Å². The quantitative estimate of drug-likeness (QED) is 0.658. The molecular formula is C20H14F2N2O2. The van der Waals surface area contributed by atoms with Crippen molar-refractivity contribution in [2.75, 3.05) is 0 Å². The van der Waals surface area contributed by atoms with Crippen molar-refractivity contribution in [1.82, 2.24) is 0 Å². The van der Waals surface area contributed by atoms with Crippen LogP contribution in [-0.2, 0) is 0 Å². The van der Waals surface area contributed by atoms with E-state index in [0.717, 1.165) is 12.1 Å². The van der Waals surface area contributed by atoms with E-state index in [2.05, 4.69) is 9.98 Å². The van der Waals surface area contributed by atoms with E-state index in [0.29, 0.717) is 22.5 Å². The zero-order chi connectivity index (χ0) is 18.5. The molecule has 0 heterocycles. The fourth-order valence-electron chi connectivity index (χ4n) is 2.21. The van der Waals surface area contributed by atoms with E-state index < -0.39 is 11.6 Å². The minimum Gasteiger partial charge on any atom is -0.507 e. The molecule has 0 aliphatic heterocycles. The lowest BCUT2D eigenvalue weighted by atomic mass is 10.2. The number of hydrogen-bond donors (Lipinski definition) is 2. The zero-order valence-electron chi connectivity index (χ0n) is 13.5. The third kappa shape index (κ3) is 4.10. The van der Waals surface area contributed by atoms with Crippen LogP contribution in [0.25, 0.3) is 0 Å². The molecule has 3 aromatic rings. The van der Waals surface area contributed by atoms with Crippen LogP contribution in [0.2, 0.25) is 0 Å². The van der Waals surface area contributed by atoms with Gasteiger partial charge in [0.2, 0.25) is 0 Å². The molecular weight excluding hydrogens is 338 g/mol. The summed E-state index contributed by atoms with van der Waals surface area (Å²) in [4.78, 5) is 8.54. The molecule has 0 atom stereocenters. The van der Waals surface area contributed by atoms with E-state index in [1.54, 1.807) is 24.3 Å². The highest BCUT2D eigenvalue weighted by atomic mass is 19.1. The Morgan fingerprint density at radius 3 is 1.46 bits per heavy atom. The Kier molecular flexibility index (Phi) is 5.03. The van der Waals surface area contributed by atoms with E-state index >= 15 is 0 Å². The van der Waals surface area contributed by atoms with Crippen molar-refractivity contribution in [3.8, 4) is 11.5 Å². The summed E-state index contributed by atoms with van der Waals surface area (Å²) >= 11 is 0. The number of benzene rings is 3. The number of nitrogens with zero attached hydrogens (tertiary/aromatic N) is 2. The Balaban J connectivity index is 1.88. The first-order valence-electron chi connectivity index (χ1n) is 7.67. The first-order chi connectivity index (χ1) is 12.5. The van der Waals surface area contributed by atoms with Gasteiger partial charge in [0.25, 0.3) is 0 Å². The number of halogens is 2. The molecule has 0 radical (unpaired) electrons. The lowest BCUT2D eigenvalue weighted by molar-refractivity contribution is 0.467. The van der Waals surface area contributed by atoms with Gasteiger partial charge < -0.3 is 10.2 Å². The maximum Gasteiger partial charge on any atom is 0.127 e. The van der Waals surface area contributed by atoms with Crippen LogP contribution in [0.4, 0.5) is 20.2 Å².